The van der Waals surface area contributed by atoms with Gasteiger partial charge in [-0.3, -0.25) is 4.79 Å². The number of halogens is 2. The van der Waals surface area contributed by atoms with Gasteiger partial charge >= 0.3 is 0 Å². The molecule has 0 heterocycles. The molecule has 0 saturated carbocycles. The number of hydrogen-bond donors (Lipinski definition) is 0. The average molecular weight is 417 g/mol. The Hall–Kier alpha value is -1.23. The molecular weight excluding hydrogens is 387 g/mol. The molecule has 0 aliphatic rings. The zero-order valence-corrected chi connectivity index (χ0v) is 18.0. The lowest BCUT2D eigenvalue weighted by Crippen LogP contribution is -2.05. The molecular formula is C21H30Cl2O4. The Kier molecular flexibility index (Phi) is 12.2. The third-order valence-electron chi connectivity index (χ3n) is 3.93. The number of unbranched alkanes of at least 4 members (excludes halogenated alkanes) is 3. The fourth-order valence-electron chi connectivity index (χ4n) is 2.61. The van der Waals surface area contributed by atoms with E-state index in [4.69, 9.17) is 37.4 Å². The lowest BCUT2D eigenvalue weighted by Gasteiger charge is -2.15. The molecule has 4 nitrogen and oxygen atoms in total. The van der Waals surface area contributed by atoms with Gasteiger partial charge in [0.05, 0.1) is 6.61 Å². The summed E-state index contributed by atoms with van der Waals surface area (Å²) >= 11 is 11.2. The van der Waals surface area contributed by atoms with Crippen molar-refractivity contribution in [2.24, 2.45) is 0 Å². The van der Waals surface area contributed by atoms with Crippen molar-refractivity contribution in [1.29, 1.82) is 0 Å². The minimum absolute atomic E-state index is 0.0706. The van der Waals surface area contributed by atoms with Crippen molar-refractivity contribution in [3.8, 4) is 11.5 Å². The van der Waals surface area contributed by atoms with E-state index in [1.807, 2.05) is 19.1 Å². The third kappa shape index (κ3) is 10.6. The van der Waals surface area contributed by atoms with Gasteiger partial charge in [0.15, 0.2) is 5.78 Å². The van der Waals surface area contributed by atoms with Crippen molar-refractivity contribution in [3.05, 3.63) is 33.8 Å². The van der Waals surface area contributed by atoms with Gasteiger partial charge in [0.25, 0.3) is 0 Å². The van der Waals surface area contributed by atoms with E-state index in [2.05, 4.69) is 6.92 Å². The van der Waals surface area contributed by atoms with Crippen LogP contribution in [0.25, 0.3) is 0 Å². The monoisotopic (exact) mass is 416 g/mol. The second-order valence-corrected chi connectivity index (χ2v) is 7.41. The summed E-state index contributed by atoms with van der Waals surface area (Å²) in [5.41, 5.74) is 2.19. The lowest BCUT2D eigenvalue weighted by atomic mass is 10.1. The van der Waals surface area contributed by atoms with Crippen molar-refractivity contribution in [3.63, 3.8) is 0 Å². The number of rotatable bonds is 14. The largest absolute Gasteiger partial charge is 0.493 e. The zero-order valence-electron chi connectivity index (χ0n) is 16.5. The van der Waals surface area contributed by atoms with Crippen molar-refractivity contribution >= 4 is 29.0 Å². The summed E-state index contributed by atoms with van der Waals surface area (Å²) < 4.78 is 17.2. The minimum Gasteiger partial charge on any atom is -0.493 e. The Labute approximate surface area is 172 Å². The summed E-state index contributed by atoms with van der Waals surface area (Å²) in [5, 5.41) is 0. The summed E-state index contributed by atoms with van der Waals surface area (Å²) in [5.74, 6) is 1.80. The fraction of sp³-hybridized carbons (Fsp3) is 0.571. The summed E-state index contributed by atoms with van der Waals surface area (Å²) in [4.78, 5) is 10.8. The molecule has 0 fully saturated rings. The highest BCUT2D eigenvalue weighted by Gasteiger charge is 2.09. The van der Waals surface area contributed by atoms with E-state index in [1.54, 1.807) is 6.08 Å². The number of benzene rings is 1. The number of Topliss-reactive ketones (excluding diaryl/α,β-unsaturated/α-hetero) is 1. The molecule has 1 aromatic rings. The molecule has 0 N–H and O–H groups in total. The van der Waals surface area contributed by atoms with E-state index in [-0.39, 0.29) is 16.9 Å². The van der Waals surface area contributed by atoms with Crippen LogP contribution in [0.3, 0.4) is 0 Å². The number of ether oxygens (including phenoxy) is 3. The maximum Gasteiger partial charge on any atom is 0.155 e. The molecule has 0 aliphatic heterocycles. The van der Waals surface area contributed by atoms with Crippen molar-refractivity contribution < 1.29 is 19.0 Å². The first-order valence-corrected chi connectivity index (χ1v) is 10.2. The molecule has 0 atom stereocenters. The topological polar surface area (TPSA) is 44.8 Å². The summed E-state index contributed by atoms with van der Waals surface area (Å²) in [6.45, 7) is 7.55. The highest BCUT2D eigenvalue weighted by Crippen LogP contribution is 2.30. The van der Waals surface area contributed by atoms with Crippen LogP contribution in [0.4, 0.5) is 0 Å². The number of aryl methyl sites for hydroxylation is 2. The van der Waals surface area contributed by atoms with Crippen LogP contribution >= 0.6 is 23.2 Å². The van der Waals surface area contributed by atoms with E-state index in [0.29, 0.717) is 19.8 Å². The molecule has 0 amide bonds. The van der Waals surface area contributed by atoms with Gasteiger partial charge < -0.3 is 14.2 Å². The van der Waals surface area contributed by atoms with Crippen LogP contribution in [0.15, 0.2) is 22.7 Å². The van der Waals surface area contributed by atoms with Gasteiger partial charge in [0.1, 0.15) is 29.2 Å². The number of carbonyl (C=O) groups is 1. The van der Waals surface area contributed by atoms with E-state index < -0.39 is 0 Å². The predicted molar refractivity (Wildman–Crippen MR) is 111 cm³/mol. The summed E-state index contributed by atoms with van der Waals surface area (Å²) in [6, 6.07) is 3.97. The number of carbonyl (C=O) groups excluding carboxylic acids is 1. The van der Waals surface area contributed by atoms with E-state index in [9.17, 15) is 4.79 Å². The lowest BCUT2D eigenvalue weighted by molar-refractivity contribution is -0.121. The van der Waals surface area contributed by atoms with E-state index in [0.717, 1.165) is 54.7 Å². The highest BCUT2D eigenvalue weighted by atomic mass is 35.5. The van der Waals surface area contributed by atoms with Crippen LogP contribution in [0.5, 0.6) is 11.5 Å². The van der Waals surface area contributed by atoms with Crippen molar-refractivity contribution in [1.82, 2.24) is 0 Å². The molecule has 27 heavy (non-hydrogen) atoms. The maximum absolute atomic E-state index is 10.8. The molecule has 1 rings (SSSR count). The Morgan fingerprint density at radius 3 is 2.41 bits per heavy atom. The Morgan fingerprint density at radius 1 is 1.07 bits per heavy atom. The SMILES string of the molecule is CCc1cc(OCC=C(Cl)Cl)cc(C)c1OCCCCCCOCC(C)=O. The van der Waals surface area contributed by atoms with Gasteiger partial charge in [0.2, 0.25) is 0 Å². The number of ketones is 1. The molecule has 0 saturated heterocycles. The predicted octanol–water partition coefficient (Wildman–Crippen LogP) is 5.80. The zero-order chi connectivity index (χ0) is 20.1. The van der Waals surface area contributed by atoms with Crippen molar-refractivity contribution in [2.75, 3.05) is 26.4 Å². The average Bonchev–Trinajstić information content (AvgIpc) is 2.60. The highest BCUT2D eigenvalue weighted by molar-refractivity contribution is 6.55. The molecule has 0 radical (unpaired) electrons. The normalized spacial score (nSPS) is 10.6. The summed E-state index contributed by atoms with van der Waals surface area (Å²) in [7, 11) is 0. The van der Waals surface area contributed by atoms with Crippen LogP contribution < -0.4 is 9.47 Å². The van der Waals surface area contributed by atoms with Gasteiger partial charge in [-0.1, -0.05) is 36.5 Å². The smallest absolute Gasteiger partial charge is 0.155 e. The first kappa shape index (κ1) is 23.8. The molecule has 0 unspecified atom stereocenters. The van der Waals surface area contributed by atoms with Crippen molar-refractivity contribution in [2.45, 2.75) is 52.9 Å². The Morgan fingerprint density at radius 2 is 1.78 bits per heavy atom. The third-order valence-corrected chi connectivity index (χ3v) is 4.24. The van der Waals surface area contributed by atoms with Gasteiger partial charge in [-0.25, -0.2) is 0 Å². The van der Waals surface area contributed by atoms with Crippen LogP contribution in [-0.2, 0) is 16.0 Å². The minimum atomic E-state index is 0.0706. The quantitative estimate of drug-likeness (QED) is 0.359. The first-order chi connectivity index (χ1) is 12.9. The summed E-state index contributed by atoms with van der Waals surface area (Å²) in [6.07, 6.45) is 6.60. The second-order valence-electron chi connectivity index (χ2n) is 6.40. The molecule has 1 aromatic carbocycles. The van der Waals surface area contributed by atoms with Gasteiger partial charge in [-0.2, -0.15) is 0 Å². The molecule has 0 aliphatic carbocycles. The fourth-order valence-corrected chi connectivity index (χ4v) is 2.74. The Bertz CT molecular complexity index is 610. The van der Waals surface area contributed by atoms with Crippen LogP contribution in [-0.4, -0.2) is 32.2 Å². The maximum atomic E-state index is 10.8. The van der Waals surface area contributed by atoms with Gasteiger partial charge in [0, 0.05) is 6.61 Å². The van der Waals surface area contributed by atoms with E-state index >= 15 is 0 Å². The molecule has 6 heteroatoms. The van der Waals surface area contributed by atoms with Gasteiger partial charge in [-0.15, -0.1) is 0 Å². The van der Waals surface area contributed by atoms with Crippen LogP contribution in [0.2, 0.25) is 0 Å². The molecule has 0 aromatic heterocycles. The van der Waals surface area contributed by atoms with E-state index in [1.165, 1.54) is 6.92 Å². The Balaban J connectivity index is 2.37. The molecule has 0 spiro atoms. The first-order valence-electron chi connectivity index (χ1n) is 9.41. The van der Waals surface area contributed by atoms with Gasteiger partial charge in [-0.05, 0) is 68.9 Å². The van der Waals surface area contributed by atoms with Crippen LogP contribution in [0, 0.1) is 6.92 Å². The second kappa shape index (κ2) is 13.9. The molecule has 152 valence electrons. The molecule has 0 bridgehead atoms. The number of hydrogen-bond acceptors (Lipinski definition) is 4. The standard InChI is InChI=1S/C21H30Cl2O4/c1-4-18-14-19(26-12-9-20(22)23)13-16(2)21(18)27-11-8-6-5-7-10-25-15-17(3)24/h9,13-14H,4-8,10-12,15H2,1-3H3. The van der Waals surface area contributed by atoms with Crippen LogP contribution in [0.1, 0.15) is 50.7 Å².